The van der Waals surface area contributed by atoms with Crippen LogP contribution in [0.15, 0.2) is 0 Å². The lowest BCUT2D eigenvalue weighted by Gasteiger charge is -2.40. The highest BCUT2D eigenvalue weighted by atomic mass is 15.2. The Bertz CT molecular complexity index is 209. The molecule has 2 saturated heterocycles. The van der Waals surface area contributed by atoms with Crippen LogP contribution in [0.2, 0.25) is 0 Å². The van der Waals surface area contributed by atoms with E-state index in [1.165, 1.54) is 45.3 Å². The van der Waals surface area contributed by atoms with E-state index in [4.69, 9.17) is 5.73 Å². The minimum Gasteiger partial charge on any atom is -0.329 e. The zero-order valence-corrected chi connectivity index (χ0v) is 10.9. The van der Waals surface area contributed by atoms with Crippen molar-refractivity contribution in [3.8, 4) is 0 Å². The average molecular weight is 225 g/mol. The molecule has 2 aliphatic heterocycles. The molecule has 0 aromatic carbocycles. The molecular formula is C13H27N3. The normalized spacial score (nSPS) is 30.4. The Balaban J connectivity index is 1.84. The van der Waals surface area contributed by atoms with E-state index >= 15 is 0 Å². The summed E-state index contributed by atoms with van der Waals surface area (Å²) in [7, 11) is 0. The molecule has 2 rings (SSSR count). The lowest BCUT2D eigenvalue weighted by Crippen LogP contribution is -2.49. The molecule has 94 valence electrons. The van der Waals surface area contributed by atoms with Gasteiger partial charge in [-0.3, -0.25) is 4.90 Å². The van der Waals surface area contributed by atoms with Gasteiger partial charge in [0.1, 0.15) is 0 Å². The van der Waals surface area contributed by atoms with E-state index in [9.17, 15) is 0 Å². The van der Waals surface area contributed by atoms with Gasteiger partial charge in [0.05, 0.1) is 0 Å². The first-order chi connectivity index (χ1) is 7.72. The van der Waals surface area contributed by atoms with Crippen molar-refractivity contribution in [2.75, 3.05) is 26.2 Å². The summed E-state index contributed by atoms with van der Waals surface area (Å²) in [5.74, 6) is 0. The second-order valence-corrected chi connectivity index (χ2v) is 5.63. The number of likely N-dealkylation sites (tertiary alicyclic amines) is 2. The molecule has 1 atom stereocenters. The lowest BCUT2D eigenvalue weighted by atomic mass is 10.0. The SMILES string of the molecule is CC(C)N1CCC(N2CCCC2CN)CC1. The molecule has 1 unspecified atom stereocenters. The maximum absolute atomic E-state index is 5.85. The molecule has 2 fully saturated rings. The summed E-state index contributed by atoms with van der Waals surface area (Å²) in [6.07, 6.45) is 5.36. The van der Waals surface area contributed by atoms with Gasteiger partial charge in [0, 0.05) is 24.7 Å². The smallest absolute Gasteiger partial charge is 0.0221 e. The summed E-state index contributed by atoms with van der Waals surface area (Å²) in [6, 6.07) is 2.20. The molecule has 0 saturated carbocycles. The van der Waals surface area contributed by atoms with E-state index in [0.29, 0.717) is 12.1 Å². The quantitative estimate of drug-likeness (QED) is 0.785. The maximum atomic E-state index is 5.85. The molecule has 0 radical (unpaired) electrons. The fourth-order valence-electron chi connectivity index (χ4n) is 3.33. The summed E-state index contributed by atoms with van der Waals surface area (Å²) in [4.78, 5) is 5.29. The molecule has 3 nitrogen and oxygen atoms in total. The van der Waals surface area contributed by atoms with Crippen molar-refractivity contribution in [2.45, 2.75) is 57.7 Å². The summed E-state index contributed by atoms with van der Waals surface area (Å²) < 4.78 is 0. The standard InChI is InChI=1S/C13H27N3/c1-11(2)15-8-5-12(6-9-15)16-7-3-4-13(16)10-14/h11-13H,3-10,14H2,1-2H3. The number of rotatable bonds is 3. The number of nitrogens with two attached hydrogens (primary N) is 1. The largest absolute Gasteiger partial charge is 0.329 e. The van der Waals surface area contributed by atoms with E-state index in [2.05, 4.69) is 23.6 Å². The first kappa shape index (κ1) is 12.3. The van der Waals surface area contributed by atoms with Crippen LogP contribution in [0.3, 0.4) is 0 Å². The van der Waals surface area contributed by atoms with Crippen LogP contribution in [-0.2, 0) is 0 Å². The number of hydrogen-bond acceptors (Lipinski definition) is 3. The van der Waals surface area contributed by atoms with E-state index in [0.717, 1.165) is 12.6 Å². The lowest BCUT2D eigenvalue weighted by molar-refractivity contribution is 0.0862. The molecule has 2 heterocycles. The summed E-state index contributed by atoms with van der Waals surface area (Å²) >= 11 is 0. The predicted octanol–water partition coefficient (Wildman–Crippen LogP) is 1.28. The molecule has 2 aliphatic rings. The van der Waals surface area contributed by atoms with Crippen molar-refractivity contribution in [2.24, 2.45) is 5.73 Å². The fourth-order valence-corrected chi connectivity index (χ4v) is 3.33. The Morgan fingerprint density at radius 3 is 2.38 bits per heavy atom. The van der Waals surface area contributed by atoms with Gasteiger partial charge in [0.15, 0.2) is 0 Å². The summed E-state index contributed by atoms with van der Waals surface area (Å²) in [5.41, 5.74) is 5.85. The zero-order chi connectivity index (χ0) is 11.5. The van der Waals surface area contributed by atoms with Crippen LogP contribution in [-0.4, -0.2) is 54.1 Å². The molecule has 0 amide bonds. The Hall–Kier alpha value is -0.120. The topological polar surface area (TPSA) is 32.5 Å². The highest BCUT2D eigenvalue weighted by Crippen LogP contribution is 2.25. The average Bonchev–Trinajstić information content (AvgIpc) is 2.77. The van der Waals surface area contributed by atoms with Gasteiger partial charge >= 0.3 is 0 Å². The van der Waals surface area contributed by atoms with Gasteiger partial charge in [-0.2, -0.15) is 0 Å². The van der Waals surface area contributed by atoms with E-state index in [-0.39, 0.29) is 0 Å². The van der Waals surface area contributed by atoms with E-state index in [1.807, 2.05) is 0 Å². The number of piperidine rings is 1. The van der Waals surface area contributed by atoms with Gasteiger partial charge in [0.25, 0.3) is 0 Å². The van der Waals surface area contributed by atoms with Gasteiger partial charge in [0.2, 0.25) is 0 Å². The molecule has 0 aliphatic carbocycles. The maximum Gasteiger partial charge on any atom is 0.0221 e. The Kier molecular flexibility index (Phi) is 4.22. The first-order valence-electron chi connectivity index (χ1n) is 6.92. The molecule has 0 aromatic rings. The fraction of sp³-hybridized carbons (Fsp3) is 1.00. The number of hydrogen-bond donors (Lipinski definition) is 1. The van der Waals surface area contributed by atoms with Crippen molar-refractivity contribution >= 4 is 0 Å². The summed E-state index contributed by atoms with van der Waals surface area (Å²) in [6.45, 7) is 9.29. The van der Waals surface area contributed by atoms with Crippen molar-refractivity contribution in [3.63, 3.8) is 0 Å². The van der Waals surface area contributed by atoms with Gasteiger partial charge in [-0.1, -0.05) is 0 Å². The van der Waals surface area contributed by atoms with Crippen LogP contribution in [0.25, 0.3) is 0 Å². The number of nitrogens with zero attached hydrogens (tertiary/aromatic N) is 2. The molecule has 16 heavy (non-hydrogen) atoms. The van der Waals surface area contributed by atoms with Crippen LogP contribution < -0.4 is 5.73 Å². The Morgan fingerprint density at radius 2 is 1.81 bits per heavy atom. The predicted molar refractivity (Wildman–Crippen MR) is 68.5 cm³/mol. The molecule has 0 spiro atoms. The molecule has 3 heteroatoms. The van der Waals surface area contributed by atoms with E-state index in [1.54, 1.807) is 0 Å². The minimum atomic E-state index is 0.676. The van der Waals surface area contributed by atoms with Gasteiger partial charge in [-0.15, -0.1) is 0 Å². The molecule has 2 N–H and O–H groups in total. The molecule has 0 aromatic heterocycles. The Labute approximate surface area is 100.0 Å². The highest BCUT2D eigenvalue weighted by molar-refractivity contribution is 4.88. The molecule has 0 bridgehead atoms. The second kappa shape index (κ2) is 5.48. The van der Waals surface area contributed by atoms with Crippen LogP contribution in [0.1, 0.15) is 39.5 Å². The van der Waals surface area contributed by atoms with Crippen molar-refractivity contribution in [1.29, 1.82) is 0 Å². The van der Waals surface area contributed by atoms with Crippen LogP contribution in [0.5, 0.6) is 0 Å². The zero-order valence-electron chi connectivity index (χ0n) is 10.9. The summed E-state index contributed by atoms with van der Waals surface area (Å²) in [5, 5.41) is 0. The third-order valence-corrected chi connectivity index (χ3v) is 4.39. The van der Waals surface area contributed by atoms with Crippen molar-refractivity contribution < 1.29 is 0 Å². The van der Waals surface area contributed by atoms with Crippen LogP contribution in [0, 0.1) is 0 Å². The first-order valence-corrected chi connectivity index (χ1v) is 6.92. The highest BCUT2D eigenvalue weighted by Gasteiger charge is 2.32. The van der Waals surface area contributed by atoms with Crippen LogP contribution >= 0.6 is 0 Å². The Morgan fingerprint density at radius 1 is 1.12 bits per heavy atom. The van der Waals surface area contributed by atoms with Crippen molar-refractivity contribution in [1.82, 2.24) is 9.80 Å². The van der Waals surface area contributed by atoms with Crippen LogP contribution in [0.4, 0.5) is 0 Å². The second-order valence-electron chi connectivity index (χ2n) is 5.63. The third kappa shape index (κ3) is 2.58. The van der Waals surface area contributed by atoms with Gasteiger partial charge in [-0.05, 0) is 59.2 Å². The third-order valence-electron chi connectivity index (χ3n) is 4.39. The van der Waals surface area contributed by atoms with E-state index < -0.39 is 0 Å². The van der Waals surface area contributed by atoms with Gasteiger partial charge < -0.3 is 10.6 Å². The minimum absolute atomic E-state index is 0.676. The molecular weight excluding hydrogens is 198 g/mol. The monoisotopic (exact) mass is 225 g/mol. The van der Waals surface area contributed by atoms with Gasteiger partial charge in [-0.25, -0.2) is 0 Å². The van der Waals surface area contributed by atoms with Crippen molar-refractivity contribution in [3.05, 3.63) is 0 Å².